The molecular weight excluding hydrogens is 142 g/mol. The highest BCUT2D eigenvalue weighted by atomic mass is 17.2. The van der Waals surface area contributed by atoms with E-state index in [1.807, 2.05) is 12.2 Å². The van der Waals surface area contributed by atoms with Crippen molar-refractivity contribution in [1.82, 2.24) is 0 Å². The van der Waals surface area contributed by atoms with Crippen molar-refractivity contribution in [2.45, 2.75) is 12.2 Å². The van der Waals surface area contributed by atoms with E-state index in [1.165, 1.54) is 0 Å². The van der Waals surface area contributed by atoms with E-state index in [9.17, 15) is 0 Å². The Morgan fingerprint density at radius 2 is 1.64 bits per heavy atom. The third-order valence-electron chi connectivity index (χ3n) is 2.81. The van der Waals surface area contributed by atoms with Gasteiger partial charge in [-0.1, -0.05) is 12.2 Å². The smallest absolute Gasteiger partial charge is 0.116 e. The highest BCUT2D eigenvalue weighted by Crippen LogP contribution is 2.57. The topological polar surface area (TPSA) is 42.2 Å². The average molecular weight is 149 g/mol. The van der Waals surface area contributed by atoms with Gasteiger partial charge in [0, 0.05) is 11.8 Å². The molecule has 11 heavy (non-hydrogen) atoms. The molecule has 2 aliphatic carbocycles. The van der Waals surface area contributed by atoms with E-state index in [2.05, 4.69) is 6.07 Å². The van der Waals surface area contributed by atoms with Crippen molar-refractivity contribution in [2.75, 3.05) is 0 Å². The van der Waals surface area contributed by atoms with Crippen LogP contribution in [-0.2, 0) is 9.78 Å². The third kappa shape index (κ3) is 0.550. The largest absolute Gasteiger partial charge is 0.228 e. The van der Waals surface area contributed by atoms with Gasteiger partial charge in [-0.2, -0.15) is 5.26 Å². The summed E-state index contributed by atoms with van der Waals surface area (Å²) in [6.07, 6.45) is 4.11. The lowest BCUT2D eigenvalue weighted by Gasteiger charge is -2.27. The van der Waals surface area contributed by atoms with E-state index in [4.69, 9.17) is 15.0 Å². The molecule has 0 aromatic carbocycles. The van der Waals surface area contributed by atoms with Crippen LogP contribution in [0.3, 0.4) is 0 Å². The fraction of sp³-hybridized carbons (Fsp3) is 0.625. The van der Waals surface area contributed by atoms with Crippen LogP contribution < -0.4 is 0 Å². The molecule has 0 aromatic heterocycles. The lowest BCUT2D eigenvalue weighted by atomic mass is 10.0. The summed E-state index contributed by atoms with van der Waals surface area (Å²) in [5.74, 6) is 1.01. The van der Waals surface area contributed by atoms with Gasteiger partial charge in [-0.25, -0.2) is 9.78 Å². The molecule has 0 radical (unpaired) electrons. The molecule has 2 aliphatic heterocycles. The van der Waals surface area contributed by atoms with Gasteiger partial charge in [-0.3, -0.25) is 0 Å². The fourth-order valence-electron chi connectivity index (χ4n) is 2.17. The zero-order chi connectivity index (χ0) is 7.42. The van der Waals surface area contributed by atoms with Gasteiger partial charge in [-0.15, -0.1) is 0 Å². The quantitative estimate of drug-likeness (QED) is 0.375. The Kier molecular flexibility index (Phi) is 0.867. The highest BCUT2D eigenvalue weighted by Gasteiger charge is 2.63. The zero-order valence-corrected chi connectivity index (χ0v) is 5.81. The van der Waals surface area contributed by atoms with Crippen molar-refractivity contribution >= 4 is 0 Å². The van der Waals surface area contributed by atoms with Crippen LogP contribution in [0.5, 0.6) is 0 Å². The molecule has 1 unspecified atom stereocenters. The molecule has 3 nitrogen and oxygen atoms in total. The van der Waals surface area contributed by atoms with Gasteiger partial charge < -0.3 is 0 Å². The molecule has 4 rings (SSSR count). The Bertz CT molecular complexity index is 248. The molecule has 4 aliphatic rings. The second-order valence-electron chi connectivity index (χ2n) is 3.32. The minimum Gasteiger partial charge on any atom is -0.228 e. The lowest BCUT2D eigenvalue weighted by Crippen LogP contribution is -2.32. The molecule has 1 saturated heterocycles. The van der Waals surface area contributed by atoms with E-state index in [0.717, 1.165) is 0 Å². The molecule has 5 atom stereocenters. The molecule has 2 fully saturated rings. The number of rotatable bonds is 0. The normalized spacial score (nSPS) is 56.8. The van der Waals surface area contributed by atoms with Crippen LogP contribution >= 0.6 is 0 Å². The number of nitrogens with zero attached hydrogens (tertiary/aromatic N) is 1. The average Bonchev–Trinajstić information content (AvgIpc) is 2.81. The number of nitriles is 1. The van der Waals surface area contributed by atoms with E-state index in [-0.39, 0.29) is 18.1 Å². The molecule has 1 saturated carbocycles. The predicted molar refractivity (Wildman–Crippen MR) is 35.0 cm³/mol. The van der Waals surface area contributed by atoms with E-state index >= 15 is 0 Å². The van der Waals surface area contributed by atoms with Crippen molar-refractivity contribution in [2.24, 2.45) is 17.8 Å². The van der Waals surface area contributed by atoms with Crippen molar-refractivity contribution < 1.29 is 9.78 Å². The summed E-state index contributed by atoms with van der Waals surface area (Å²) in [4.78, 5) is 10.0. The van der Waals surface area contributed by atoms with Gasteiger partial charge in [0.15, 0.2) is 0 Å². The van der Waals surface area contributed by atoms with E-state index < -0.39 is 0 Å². The summed E-state index contributed by atoms with van der Waals surface area (Å²) >= 11 is 0. The summed E-state index contributed by atoms with van der Waals surface area (Å²) < 4.78 is 0. The first-order valence-corrected chi connectivity index (χ1v) is 3.82. The first-order valence-electron chi connectivity index (χ1n) is 3.82. The first-order chi connectivity index (χ1) is 5.42. The highest BCUT2D eigenvalue weighted by molar-refractivity contribution is 5.25. The Morgan fingerprint density at radius 1 is 1.09 bits per heavy atom. The maximum absolute atomic E-state index is 8.71. The van der Waals surface area contributed by atoms with Crippen LogP contribution in [-0.4, -0.2) is 12.2 Å². The number of fused-ring (bicyclic) bond motifs is 1. The van der Waals surface area contributed by atoms with Crippen molar-refractivity contribution in [3.8, 4) is 6.07 Å². The van der Waals surface area contributed by atoms with Crippen molar-refractivity contribution in [3.05, 3.63) is 12.2 Å². The molecule has 0 amide bonds. The Hall–Kier alpha value is -0.850. The summed E-state index contributed by atoms with van der Waals surface area (Å²) in [5.41, 5.74) is 0. The fourth-order valence-corrected chi connectivity index (χ4v) is 2.17. The van der Waals surface area contributed by atoms with Crippen LogP contribution in [0.25, 0.3) is 0 Å². The number of hydrogen-bond donors (Lipinski definition) is 0. The predicted octanol–water partition coefficient (Wildman–Crippen LogP) is 0.641. The Morgan fingerprint density at radius 3 is 2.00 bits per heavy atom. The second-order valence-corrected chi connectivity index (χ2v) is 3.32. The van der Waals surface area contributed by atoms with Crippen LogP contribution in [0, 0.1) is 29.1 Å². The minimum atomic E-state index is 0.0506. The van der Waals surface area contributed by atoms with Gasteiger partial charge >= 0.3 is 0 Å². The molecule has 56 valence electrons. The standard InChI is InChI=1S/C8H7NO2/c9-3-4-7-5-1-2-6(8(4)7)11-10-5/h1-2,4-8H/t4?,5-,6+,7-,8-/m0/s1. The van der Waals surface area contributed by atoms with Crippen molar-refractivity contribution in [3.63, 3.8) is 0 Å². The third-order valence-corrected chi connectivity index (χ3v) is 2.81. The summed E-state index contributed by atoms with van der Waals surface area (Å²) in [5, 5.41) is 8.71. The summed E-state index contributed by atoms with van der Waals surface area (Å²) in [7, 11) is 0. The lowest BCUT2D eigenvalue weighted by molar-refractivity contribution is -0.364. The van der Waals surface area contributed by atoms with Crippen LogP contribution in [0.15, 0.2) is 12.2 Å². The van der Waals surface area contributed by atoms with Crippen LogP contribution in [0.2, 0.25) is 0 Å². The van der Waals surface area contributed by atoms with E-state index in [0.29, 0.717) is 11.8 Å². The molecule has 0 N–H and O–H groups in total. The molecule has 3 heteroatoms. The summed E-state index contributed by atoms with van der Waals surface area (Å²) in [6, 6.07) is 2.28. The van der Waals surface area contributed by atoms with Gasteiger partial charge in [0.2, 0.25) is 0 Å². The Balaban J connectivity index is 1.97. The first kappa shape index (κ1) is 5.76. The molecular formula is C8H7NO2. The maximum atomic E-state index is 8.71. The zero-order valence-electron chi connectivity index (χ0n) is 5.81. The second kappa shape index (κ2) is 1.66. The molecule has 0 aromatic rings. The van der Waals surface area contributed by atoms with Gasteiger partial charge in [0.25, 0.3) is 0 Å². The van der Waals surface area contributed by atoms with Crippen LogP contribution in [0.4, 0.5) is 0 Å². The SMILES string of the molecule is N#CC1[C@@H]2[C@@H]1[C@H]1C=C[C@@H]2OO1. The van der Waals surface area contributed by atoms with Crippen LogP contribution in [0.1, 0.15) is 0 Å². The van der Waals surface area contributed by atoms with Gasteiger partial charge in [-0.05, 0) is 0 Å². The van der Waals surface area contributed by atoms with E-state index in [1.54, 1.807) is 0 Å². The molecule has 2 heterocycles. The van der Waals surface area contributed by atoms with Gasteiger partial charge in [0.1, 0.15) is 12.2 Å². The van der Waals surface area contributed by atoms with Crippen molar-refractivity contribution in [1.29, 1.82) is 5.26 Å². The molecule has 0 spiro atoms. The number of hydrogen-bond acceptors (Lipinski definition) is 3. The Labute approximate surface area is 64.1 Å². The summed E-state index contributed by atoms with van der Waals surface area (Å²) in [6.45, 7) is 0. The maximum Gasteiger partial charge on any atom is 0.116 e. The molecule has 2 bridgehead atoms. The van der Waals surface area contributed by atoms with Gasteiger partial charge in [0.05, 0.1) is 12.0 Å². The monoisotopic (exact) mass is 149 g/mol. The minimum absolute atomic E-state index is 0.0506.